The van der Waals surface area contributed by atoms with Crippen LogP contribution in [0.5, 0.6) is 0 Å². The highest BCUT2D eigenvalue weighted by atomic mass is 32.2. The highest BCUT2D eigenvalue weighted by Gasteiger charge is 2.17. The molecular formula is C16H21NO2S. The molecule has 1 aromatic rings. The van der Waals surface area contributed by atoms with Crippen LogP contribution >= 0.6 is 0 Å². The third kappa shape index (κ3) is 5.18. The Labute approximate surface area is 121 Å². The van der Waals surface area contributed by atoms with E-state index in [9.17, 15) is 8.42 Å². The quantitative estimate of drug-likeness (QED) is 0.513. The van der Waals surface area contributed by atoms with E-state index in [4.69, 9.17) is 5.26 Å². The molecule has 0 aliphatic heterocycles. The van der Waals surface area contributed by atoms with Crippen LogP contribution in [-0.2, 0) is 9.84 Å². The summed E-state index contributed by atoms with van der Waals surface area (Å²) in [5, 5.41) is 8.95. The molecule has 4 heteroatoms. The molecule has 1 aromatic carbocycles. The van der Waals surface area contributed by atoms with Gasteiger partial charge in [-0.15, -0.1) is 6.58 Å². The monoisotopic (exact) mass is 291 g/mol. The summed E-state index contributed by atoms with van der Waals surface area (Å²) in [6.45, 7) is 3.67. The molecule has 0 aliphatic carbocycles. The lowest BCUT2D eigenvalue weighted by Gasteiger charge is -2.06. The van der Waals surface area contributed by atoms with Crippen molar-refractivity contribution >= 4 is 9.84 Å². The van der Waals surface area contributed by atoms with Gasteiger partial charge in [-0.1, -0.05) is 37.5 Å². The second-order valence-electron chi connectivity index (χ2n) is 4.77. The summed E-state index contributed by atoms with van der Waals surface area (Å²) in [7, 11) is -3.34. The number of nitrogens with zero attached hydrogens (tertiary/aromatic N) is 1. The minimum atomic E-state index is -3.34. The molecule has 0 unspecified atom stereocenters. The Bertz CT molecular complexity index is 570. The molecular weight excluding hydrogens is 270 g/mol. The highest BCUT2D eigenvalue weighted by molar-refractivity contribution is 7.91. The molecule has 0 heterocycles. The zero-order valence-corrected chi connectivity index (χ0v) is 12.5. The first-order chi connectivity index (χ1) is 9.61. The number of unbranched alkanes of at least 4 members (excludes halogenated alkanes) is 5. The van der Waals surface area contributed by atoms with Gasteiger partial charge in [-0.25, -0.2) is 8.42 Å². The van der Waals surface area contributed by atoms with Crippen molar-refractivity contribution in [2.45, 2.75) is 43.4 Å². The molecule has 0 saturated carbocycles. The summed E-state index contributed by atoms with van der Waals surface area (Å²) in [4.78, 5) is 0.161. The van der Waals surface area contributed by atoms with E-state index in [1.807, 2.05) is 12.1 Å². The Balaban J connectivity index is 2.46. The van der Waals surface area contributed by atoms with Crippen molar-refractivity contribution in [1.82, 2.24) is 0 Å². The molecule has 0 spiro atoms. The minimum Gasteiger partial charge on any atom is -0.224 e. The normalized spacial score (nSPS) is 10.9. The summed E-state index contributed by atoms with van der Waals surface area (Å²) in [5.41, 5.74) is 0.235. The number of allylic oxidation sites excluding steroid dienone is 1. The molecule has 0 radical (unpaired) electrons. The Hall–Kier alpha value is -1.60. The van der Waals surface area contributed by atoms with Crippen LogP contribution in [0.4, 0.5) is 0 Å². The summed E-state index contributed by atoms with van der Waals surface area (Å²) in [6, 6.07) is 8.33. The largest absolute Gasteiger partial charge is 0.224 e. The van der Waals surface area contributed by atoms with Crippen LogP contribution in [0, 0.1) is 11.3 Å². The number of sulfone groups is 1. The van der Waals surface area contributed by atoms with Crippen molar-refractivity contribution in [1.29, 1.82) is 5.26 Å². The fourth-order valence-electron chi connectivity index (χ4n) is 2.05. The first kappa shape index (κ1) is 16.5. The SMILES string of the molecule is C=CCCCCCCCS(=O)(=O)c1ccccc1C#N. The van der Waals surface area contributed by atoms with Gasteiger partial charge in [-0.3, -0.25) is 0 Å². The van der Waals surface area contributed by atoms with Gasteiger partial charge in [-0.2, -0.15) is 5.26 Å². The summed E-state index contributed by atoms with van der Waals surface area (Å²) in [6.07, 6.45) is 7.76. The number of nitriles is 1. The lowest BCUT2D eigenvalue weighted by Crippen LogP contribution is -2.08. The van der Waals surface area contributed by atoms with Gasteiger partial charge in [0.05, 0.1) is 16.2 Å². The van der Waals surface area contributed by atoms with Crippen molar-refractivity contribution in [3.05, 3.63) is 42.5 Å². The standard InChI is InChI=1S/C16H21NO2S/c1-2-3-4-5-6-7-10-13-20(18,19)16-12-9-8-11-15(16)14-17/h2,8-9,11-12H,1,3-7,10,13H2. The molecule has 20 heavy (non-hydrogen) atoms. The van der Waals surface area contributed by atoms with Crippen molar-refractivity contribution in [2.75, 3.05) is 5.75 Å². The van der Waals surface area contributed by atoms with E-state index in [0.29, 0.717) is 6.42 Å². The average Bonchev–Trinajstić information content (AvgIpc) is 2.46. The molecule has 3 nitrogen and oxygen atoms in total. The molecule has 0 bridgehead atoms. The van der Waals surface area contributed by atoms with E-state index in [2.05, 4.69) is 6.58 Å². The van der Waals surface area contributed by atoms with Crippen LogP contribution in [0.1, 0.15) is 44.1 Å². The molecule has 108 valence electrons. The fraction of sp³-hybridized carbons (Fsp3) is 0.438. The lowest BCUT2D eigenvalue weighted by molar-refractivity contribution is 0.585. The molecule has 0 fully saturated rings. The Morgan fingerprint density at radius 3 is 2.45 bits per heavy atom. The van der Waals surface area contributed by atoms with Gasteiger partial charge in [0.2, 0.25) is 0 Å². The Kier molecular flexibility index (Phi) is 7.03. The zero-order chi connectivity index (χ0) is 14.8. The van der Waals surface area contributed by atoms with E-state index >= 15 is 0 Å². The first-order valence-electron chi connectivity index (χ1n) is 6.94. The molecule has 1 rings (SSSR count). The maximum Gasteiger partial charge on any atom is 0.179 e. The van der Waals surface area contributed by atoms with E-state index in [-0.39, 0.29) is 16.2 Å². The van der Waals surface area contributed by atoms with E-state index < -0.39 is 9.84 Å². The van der Waals surface area contributed by atoms with E-state index in [1.54, 1.807) is 18.2 Å². The molecule has 0 aromatic heterocycles. The van der Waals surface area contributed by atoms with Crippen molar-refractivity contribution in [3.63, 3.8) is 0 Å². The summed E-state index contributed by atoms with van der Waals surface area (Å²) < 4.78 is 24.4. The maximum absolute atomic E-state index is 12.2. The third-order valence-corrected chi connectivity index (χ3v) is 5.02. The predicted octanol–water partition coefficient (Wildman–Crippen LogP) is 3.86. The molecule has 0 N–H and O–H groups in total. The van der Waals surface area contributed by atoms with Gasteiger partial charge in [0.25, 0.3) is 0 Å². The van der Waals surface area contributed by atoms with Crippen LogP contribution in [0.3, 0.4) is 0 Å². The predicted molar refractivity (Wildman–Crippen MR) is 81.1 cm³/mol. The van der Waals surface area contributed by atoms with Crippen LogP contribution < -0.4 is 0 Å². The van der Waals surface area contributed by atoms with Gasteiger partial charge in [0.15, 0.2) is 9.84 Å². The zero-order valence-electron chi connectivity index (χ0n) is 11.7. The second kappa shape index (κ2) is 8.55. The highest BCUT2D eigenvalue weighted by Crippen LogP contribution is 2.18. The Morgan fingerprint density at radius 2 is 1.75 bits per heavy atom. The Morgan fingerprint density at radius 1 is 1.10 bits per heavy atom. The maximum atomic E-state index is 12.2. The molecule has 0 saturated heterocycles. The number of hydrogen-bond acceptors (Lipinski definition) is 3. The van der Waals surface area contributed by atoms with Crippen LogP contribution in [0.25, 0.3) is 0 Å². The van der Waals surface area contributed by atoms with Gasteiger partial charge in [-0.05, 0) is 31.4 Å². The fourth-order valence-corrected chi connectivity index (χ4v) is 3.59. The minimum absolute atomic E-state index is 0.118. The van der Waals surface area contributed by atoms with Gasteiger partial charge in [0, 0.05) is 0 Å². The smallest absolute Gasteiger partial charge is 0.179 e. The molecule has 0 atom stereocenters. The third-order valence-electron chi connectivity index (χ3n) is 3.16. The van der Waals surface area contributed by atoms with Crippen molar-refractivity contribution in [2.24, 2.45) is 0 Å². The van der Waals surface area contributed by atoms with Gasteiger partial charge < -0.3 is 0 Å². The molecule has 0 amide bonds. The number of hydrogen-bond donors (Lipinski definition) is 0. The second-order valence-corrected chi connectivity index (χ2v) is 6.85. The van der Waals surface area contributed by atoms with Crippen molar-refractivity contribution < 1.29 is 8.42 Å². The van der Waals surface area contributed by atoms with E-state index in [0.717, 1.165) is 32.1 Å². The van der Waals surface area contributed by atoms with Gasteiger partial charge >= 0.3 is 0 Å². The summed E-state index contributed by atoms with van der Waals surface area (Å²) >= 11 is 0. The van der Waals surface area contributed by atoms with E-state index in [1.165, 1.54) is 6.07 Å². The van der Waals surface area contributed by atoms with Crippen LogP contribution in [-0.4, -0.2) is 14.2 Å². The summed E-state index contributed by atoms with van der Waals surface area (Å²) in [5.74, 6) is 0.118. The number of benzene rings is 1. The topological polar surface area (TPSA) is 57.9 Å². The number of rotatable bonds is 9. The first-order valence-corrected chi connectivity index (χ1v) is 8.60. The van der Waals surface area contributed by atoms with Crippen molar-refractivity contribution in [3.8, 4) is 6.07 Å². The van der Waals surface area contributed by atoms with Crippen LogP contribution in [0.2, 0.25) is 0 Å². The van der Waals surface area contributed by atoms with Crippen LogP contribution in [0.15, 0.2) is 41.8 Å². The van der Waals surface area contributed by atoms with Gasteiger partial charge in [0.1, 0.15) is 6.07 Å². The molecule has 0 aliphatic rings. The lowest BCUT2D eigenvalue weighted by atomic mass is 10.1. The average molecular weight is 291 g/mol.